The smallest absolute Gasteiger partial charge is 0.317 e. The summed E-state index contributed by atoms with van der Waals surface area (Å²) in [6.45, 7) is 1.92. The van der Waals surface area contributed by atoms with Crippen LogP contribution in [0.3, 0.4) is 0 Å². The van der Waals surface area contributed by atoms with Crippen molar-refractivity contribution in [2.24, 2.45) is 5.92 Å². The minimum Gasteiger partial charge on any atom is -0.480 e. The maximum absolute atomic E-state index is 12.1. The van der Waals surface area contributed by atoms with Crippen LogP contribution in [0.4, 0.5) is 0 Å². The first-order chi connectivity index (χ1) is 13.4. The van der Waals surface area contributed by atoms with Crippen LogP contribution in [0.25, 0.3) is 0 Å². The van der Waals surface area contributed by atoms with Crippen LogP contribution in [0.15, 0.2) is 0 Å². The Bertz CT molecular complexity index is 523. The van der Waals surface area contributed by atoms with Crippen molar-refractivity contribution in [3.63, 3.8) is 0 Å². The van der Waals surface area contributed by atoms with Gasteiger partial charge in [-0.2, -0.15) is 0 Å². The number of Topliss-reactive ketones (excluding diaryl/α,β-unsaturated/α-hetero) is 1. The Morgan fingerprint density at radius 2 is 0.828 bits per heavy atom. The average molecular weight is 419 g/mol. The zero-order chi connectivity index (χ0) is 22.6. The standard InChI is InChI=1S/C17H29N3O9/c1-12(2)13(21)7-18(3-5-19(8-14(22)23)9-15(24)25)4-6-20(10-16(26)27)11-17(28)29/h12H,3-11H2,1-2H3,(H,22,23)(H,24,25)(H,26,27)(H,28,29). The maximum Gasteiger partial charge on any atom is 0.317 e. The zero-order valence-electron chi connectivity index (χ0n) is 16.6. The quantitative estimate of drug-likeness (QED) is 0.214. The molecule has 0 spiro atoms. The number of carbonyl (C=O) groups is 5. The molecule has 0 rings (SSSR count). The second-order valence-corrected chi connectivity index (χ2v) is 6.89. The average Bonchev–Trinajstić information content (AvgIpc) is 2.54. The van der Waals surface area contributed by atoms with E-state index in [1.54, 1.807) is 18.7 Å². The molecule has 0 atom stereocenters. The van der Waals surface area contributed by atoms with Crippen LogP contribution in [-0.4, -0.2) is 124 Å². The lowest BCUT2D eigenvalue weighted by atomic mass is 10.1. The molecule has 0 aromatic rings. The molecule has 12 heteroatoms. The van der Waals surface area contributed by atoms with Gasteiger partial charge in [-0.3, -0.25) is 38.7 Å². The molecule has 4 N–H and O–H groups in total. The minimum atomic E-state index is -1.19. The molecule has 0 aliphatic heterocycles. The molecule has 29 heavy (non-hydrogen) atoms. The fraction of sp³-hybridized carbons (Fsp3) is 0.706. The SMILES string of the molecule is CC(C)C(=O)CN(CCN(CC(=O)O)CC(=O)O)CCN(CC(=O)O)CC(=O)O. The van der Waals surface area contributed by atoms with Crippen molar-refractivity contribution in [1.29, 1.82) is 0 Å². The fourth-order valence-corrected chi connectivity index (χ4v) is 2.43. The number of carboxylic acid groups (broad SMARTS) is 4. The van der Waals surface area contributed by atoms with Crippen molar-refractivity contribution in [3.05, 3.63) is 0 Å². The van der Waals surface area contributed by atoms with Crippen LogP contribution in [0.1, 0.15) is 13.8 Å². The van der Waals surface area contributed by atoms with Crippen molar-refractivity contribution in [1.82, 2.24) is 14.7 Å². The molecule has 0 unspecified atom stereocenters. The number of hydrogen-bond acceptors (Lipinski definition) is 8. The molecule has 12 nitrogen and oxygen atoms in total. The normalized spacial score (nSPS) is 11.4. The second-order valence-electron chi connectivity index (χ2n) is 6.89. The van der Waals surface area contributed by atoms with Crippen molar-refractivity contribution < 1.29 is 44.4 Å². The Kier molecular flexibility index (Phi) is 12.4. The van der Waals surface area contributed by atoms with Gasteiger partial charge in [0.2, 0.25) is 0 Å². The molecule has 0 saturated carbocycles. The van der Waals surface area contributed by atoms with Crippen LogP contribution in [0.2, 0.25) is 0 Å². The Morgan fingerprint density at radius 3 is 1.07 bits per heavy atom. The van der Waals surface area contributed by atoms with Gasteiger partial charge in [0.05, 0.1) is 32.7 Å². The highest BCUT2D eigenvalue weighted by Gasteiger charge is 2.20. The number of carbonyl (C=O) groups excluding carboxylic acids is 1. The summed E-state index contributed by atoms with van der Waals surface area (Å²) in [5, 5.41) is 35.6. The van der Waals surface area contributed by atoms with Crippen LogP contribution >= 0.6 is 0 Å². The zero-order valence-corrected chi connectivity index (χ0v) is 16.6. The summed E-state index contributed by atoms with van der Waals surface area (Å²) in [7, 11) is 0. The van der Waals surface area contributed by atoms with E-state index in [0.29, 0.717) is 0 Å². The van der Waals surface area contributed by atoms with Gasteiger partial charge in [-0.25, -0.2) is 0 Å². The van der Waals surface area contributed by atoms with Gasteiger partial charge < -0.3 is 20.4 Å². The summed E-state index contributed by atoms with van der Waals surface area (Å²) in [6.07, 6.45) is 0. The first kappa shape index (κ1) is 26.4. The van der Waals surface area contributed by atoms with E-state index in [0.717, 1.165) is 0 Å². The van der Waals surface area contributed by atoms with Crippen molar-refractivity contribution in [2.45, 2.75) is 13.8 Å². The molecule has 0 amide bonds. The third-order valence-corrected chi connectivity index (χ3v) is 3.92. The molecule has 0 aliphatic rings. The number of hydrogen-bond donors (Lipinski definition) is 4. The number of aliphatic carboxylic acids is 4. The highest BCUT2D eigenvalue weighted by atomic mass is 16.4. The highest BCUT2D eigenvalue weighted by Crippen LogP contribution is 2.01. The third kappa shape index (κ3) is 14.1. The third-order valence-electron chi connectivity index (χ3n) is 3.92. The monoisotopic (exact) mass is 419 g/mol. The lowest BCUT2D eigenvalue weighted by Gasteiger charge is -2.28. The number of ketones is 1. The number of rotatable bonds is 17. The summed E-state index contributed by atoms with van der Waals surface area (Å²) in [5.41, 5.74) is 0. The van der Waals surface area contributed by atoms with Gasteiger partial charge in [-0.05, 0) is 0 Å². The van der Waals surface area contributed by atoms with Gasteiger partial charge in [-0.15, -0.1) is 0 Å². The van der Waals surface area contributed by atoms with Gasteiger partial charge >= 0.3 is 23.9 Å². The predicted octanol–water partition coefficient (Wildman–Crippen LogP) is -1.54. The summed E-state index contributed by atoms with van der Waals surface area (Å²) < 4.78 is 0. The van der Waals surface area contributed by atoms with E-state index < -0.39 is 50.1 Å². The molecule has 0 radical (unpaired) electrons. The van der Waals surface area contributed by atoms with Crippen molar-refractivity contribution in [3.8, 4) is 0 Å². The van der Waals surface area contributed by atoms with Gasteiger partial charge in [-0.1, -0.05) is 13.8 Å². The summed E-state index contributed by atoms with van der Waals surface area (Å²) in [5.74, 6) is -5.12. The Hall–Kier alpha value is -2.57. The maximum atomic E-state index is 12.1. The van der Waals surface area contributed by atoms with E-state index in [1.807, 2.05) is 0 Å². The number of carboxylic acids is 4. The van der Waals surface area contributed by atoms with E-state index in [2.05, 4.69) is 0 Å². The van der Waals surface area contributed by atoms with E-state index in [-0.39, 0.29) is 44.4 Å². The molecular weight excluding hydrogens is 390 g/mol. The molecule has 0 aromatic heterocycles. The lowest BCUT2D eigenvalue weighted by Crippen LogP contribution is -2.45. The Morgan fingerprint density at radius 1 is 0.552 bits per heavy atom. The van der Waals surface area contributed by atoms with E-state index in [1.165, 1.54) is 9.80 Å². The highest BCUT2D eigenvalue weighted by molar-refractivity contribution is 5.82. The Balaban J connectivity index is 5.07. The molecule has 0 fully saturated rings. The first-order valence-electron chi connectivity index (χ1n) is 8.97. The van der Waals surface area contributed by atoms with Crippen molar-refractivity contribution >= 4 is 29.7 Å². The molecule has 0 heterocycles. The van der Waals surface area contributed by atoms with E-state index in [4.69, 9.17) is 20.4 Å². The number of nitrogens with zero attached hydrogens (tertiary/aromatic N) is 3. The largest absolute Gasteiger partial charge is 0.480 e. The van der Waals surface area contributed by atoms with Crippen LogP contribution in [-0.2, 0) is 24.0 Å². The lowest BCUT2D eigenvalue weighted by molar-refractivity contribution is -0.143. The summed E-state index contributed by atoms with van der Waals surface area (Å²) in [6, 6.07) is 0. The molecular formula is C17H29N3O9. The molecule has 0 bridgehead atoms. The predicted molar refractivity (Wildman–Crippen MR) is 99.7 cm³/mol. The molecule has 0 aromatic carbocycles. The van der Waals surface area contributed by atoms with Crippen LogP contribution < -0.4 is 0 Å². The minimum absolute atomic E-state index is 0.000365. The fourth-order valence-electron chi connectivity index (χ4n) is 2.43. The van der Waals surface area contributed by atoms with E-state index in [9.17, 15) is 24.0 Å². The molecule has 0 saturated heterocycles. The van der Waals surface area contributed by atoms with Crippen molar-refractivity contribution in [2.75, 3.05) is 58.9 Å². The van der Waals surface area contributed by atoms with Crippen LogP contribution in [0.5, 0.6) is 0 Å². The van der Waals surface area contributed by atoms with Gasteiger partial charge in [0, 0.05) is 32.1 Å². The van der Waals surface area contributed by atoms with Gasteiger partial charge in [0.25, 0.3) is 0 Å². The summed E-state index contributed by atoms with van der Waals surface area (Å²) >= 11 is 0. The molecule has 0 aliphatic carbocycles. The summed E-state index contributed by atoms with van der Waals surface area (Å²) in [4.78, 5) is 59.8. The van der Waals surface area contributed by atoms with Gasteiger partial charge in [0.15, 0.2) is 0 Å². The second kappa shape index (κ2) is 13.6. The topological polar surface area (TPSA) is 176 Å². The van der Waals surface area contributed by atoms with Gasteiger partial charge in [0.1, 0.15) is 5.78 Å². The molecule has 166 valence electrons. The first-order valence-corrected chi connectivity index (χ1v) is 8.97. The van der Waals surface area contributed by atoms with E-state index >= 15 is 0 Å². The van der Waals surface area contributed by atoms with Crippen LogP contribution in [0, 0.1) is 5.92 Å². The Labute approximate surface area is 168 Å².